The molecular formula is C11H11F3O3. The third-order valence-corrected chi connectivity index (χ3v) is 2.09. The van der Waals surface area contributed by atoms with E-state index in [1.54, 1.807) is 6.92 Å². The molecule has 0 atom stereocenters. The van der Waals surface area contributed by atoms with Gasteiger partial charge in [0.25, 0.3) is 0 Å². The van der Waals surface area contributed by atoms with Crippen molar-refractivity contribution in [3.8, 4) is 0 Å². The zero-order valence-electron chi connectivity index (χ0n) is 9.04. The van der Waals surface area contributed by atoms with Crippen LogP contribution >= 0.6 is 0 Å². The Morgan fingerprint density at radius 1 is 1.41 bits per heavy atom. The Hall–Kier alpha value is -1.56. The van der Waals surface area contributed by atoms with Crippen LogP contribution < -0.4 is 0 Å². The molecule has 0 saturated carbocycles. The van der Waals surface area contributed by atoms with Crippen molar-refractivity contribution >= 4 is 5.97 Å². The molecule has 0 heterocycles. The first kappa shape index (κ1) is 13.5. The number of hydrogen-bond donors (Lipinski definition) is 1. The fourth-order valence-corrected chi connectivity index (χ4v) is 1.32. The van der Waals surface area contributed by atoms with Gasteiger partial charge < -0.3 is 9.84 Å². The van der Waals surface area contributed by atoms with E-state index >= 15 is 0 Å². The van der Waals surface area contributed by atoms with Crippen molar-refractivity contribution in [2.24, 2.45) is 0 Å². The van der Waals surface area contributed by atoms with E-state index in [1.165, 1.54) is 6.07 Å². The molecule has 0 unspecified atom stereocenters. The topological polar surface area (TPSA) is 46.5 Å². The average molecular weight is 248 g/mol. The van der Waals surface area contributed by atoms with Gasteiger partial charge in [-0.1, -0.05) is 6.07 Å². The quantitative estimate of drug-likeness (QED) is 0.891. The van der Waals surface area contributed by atoms with E-state index in [-0.39, 0.29) is 6.61 Å². The predicted molar refractivity (Wildman–Crippen MR) is 53.7 cm³/mol. The van der Waals surface area contributed by atoms with E-state index in [2.05, 4.69) is 0 Å². The van der Waals surface area contributed by atoms with Gasteiger partial charge in [-0.05, 0) is 24.6 Å². The fraction of sp³-hybridized carbons (Fsp3) is 0.364. The highest BCUT2D eigenvalue weighted by atomic mass is 19.4. The Bertz CT molecular complexity index is 413. The standard InChI is InChI=1S/C11H11F3O3/c1-2-17-6-7-3-4-8(10(15)16)9(5-7)11(12,13)14/h3-5H,2,6H2,1H3,(H,15,16). The monoisotopic (exact) mass is 248 g/mol. The molecule has 0 fully saturated rings. The van der Waals surface area contributed by atoms with Crippen LogP contribution in [0.5, 0.6) is 0 Å². The lowest BCUT2D eigenvalue weighted by atomic mass is 10.0. The minimum atomic E-state index is -4.68. The zero-order chi connectivity index (χ0) is 13.1. The summed E-state index contributed by atoms with van der Waals surface area (Å²) in [5.41, 5.74) is -1.61. The first-order valence-corrected chi connectivity index (χ1v) is 4.87. The second-order valence-electron chi connectivity index (χ2n) is 3.32. The van der Waals surface area contributed by atoms with Gasteiger partial charge in [-0.15, -0.1) is 0 Å². The molecule has 0 bridgehead atoms. The van der Waals surface area contributed by atoms with Crippen LogP contribution in [0.15, 0.2) is 18.2 Å². The number of halogens is 3. The molecule has 0 saturated heterocycles. The highest BCUT2D eigenvalue weighted by molar-refractivity contribution is 5.89. The number of ether oxygens (including phenoxy) is 1. The van der Waals surface area contributed by atoms with Gasteiger partial charge in [-0.25, -0.2) is 4.79 Å². The van der Waals surface area contributed by atoms with Crippen LogP contribution in [-0.2, 0) is 17.5 Å². The number of aromatic carboxylic acids is 1. The summed E-state index contributed by atoms with van der Waals surface area (Å²) in [4.78, 5) is 10.7. The lowest BCUT2D eigenvalue weighted by Gasteiger charge is -2.12. The van der Waals surface area contributed by atoms with Crippen LogP contribution in [0.4, 0.5) is 13.2 Å². The van der Waals surface area contributed by atoms with Gasteiger partial charge >= 0.3 is 12.1 Å². The van der Waals surface area contributed by atoms with Crippen molar-refractivity contribution in [3.05, 3.63) is 34.9 Å². The fourth-order valence-electron chi connectivity index (χ4n) is 1.32. The molecule has 1 aromatic carbocycles. The highest BCUT2D eigenvalue weighted by Crippen LogP contribution is 2.32. The maximum atomic E-state index is 12.6. The van der Waals surface area contributed by atoms with Gasteiger partial charge in [0.15, 0.2) is 0 Å². The Balaban J connectivity index is 3.15. The summed E-state index contributed by atoms with van der Waals surface area (Å²) in [6.45, 7) is 2.12. The Labute approximate surface area is 95.8 Å². The summed E-state index contributed by atoms with van der Waals surface area (Å²) in [5, 5.41) is 8.66. The Morgan fingerprint density at radius 2 is 2.06 bits per heavy atom. The van der Waals surface area contributed by atoms with Gasteiger partial charge in [0.2, 0.25) is 0 Å². The molecule has 0 aliphatic rings. The molecular weight excluding hydrogens is 237 g/mol. The van der Waals surface area contributed by atoms with Gasteiger partial charge in [0, 0.05) is 6.61 Å². The summed E-state index contributed by atoms with van der Waals surface area (Å²) < 4.78 is 42.8. The summed E-state index contributed by atoms with van der Waals surface area (Å²) in [5.74, 6) is -1.60. The lowest BCUT2D eigenvalue weighted by molar-refractivity contribution is -0.138. The van der Waals surface area contributed by atoms with Crippen molar-refractivity contribution < 1.29 is 27.8 Å². The number of carboxylic acids is 1. The summed E-state index contributed by atoms with van der Waals surface area (Å²) >= 11 is 0. The van der Waals surface area contributed by atoms with Crippen molar-refractivity contribution in [1.29, 1.82) is 0 Å². The molecule has 0 spiro atoms. The van der Waals surface area contributed by atoms with E-state index in [9.17, 15) is 18.0 Å². The van der Waals surface area contributed by atoms with Crippen molar-refractivity contribution in [1.82, 2.24) is 0 Å². The molecule has 0 amide bonds. The second-order valence-corrected chi connectivity index (χ2v) is 3.32. The maximum Gasteiger partial charge on any atom is 0.417 e. The highest BCUT2D eigenvalue weighted by Gasteiger charge is 2.35. The third-order valence-electron chi connectivity index (χ3n) is 2.09. The number of alkyl halides is 3. The maximum absolute atomic E-state index is 12.6. The normalized spacial score (nSPS) is 11.5. The molecule has 1 rings (SSSR count). The Kier molecular flexibility index (Phi) is 4.11. The predicted octanol–water partition coefficient (Wildman–Crippen LogP) is 2.94. The minimum Gasteiger partial charge on any atom is -0.478 e. The van der Waals surface area contributed by atoms with Crippen LogP contribution in [-0.4, -0.2) is 17.7 Å². The number of carbonyl (C=O) groups is 1. The van der Waals surface area contributed by atoms with Crippen LogP contribution in [0.2, 0.25) is 0 Å². The molecule has 0 aromatic heterocycles. The van der Waals surface area contributed by atoms with Crippen LogP contribution in [0.1, 0.15) is 28.4 Å². The second kappa shape index (κ2) is 5.18. The van der Waals surface area contributed by atoms with E-state index in [0.29, 0.717) is 12.2 Å². The average Bonchev–Trinajstić information content (AvgIpc) is 2.24. The Morgan fingerprint density at radius 3 is 2.53 bits per heavy atom. The molecule has 17 heavy (non-hydrogen) atoms. The van der Waals surface area contributed by atoms with Gasteiger partial charge in [0.1, 0.15) is 0 Å². The molecule has 94 valence electrons. The molecule has 0 aliphatic carbocycles. The van der Waals surface area contributed by atoms with Crippen molar-refractivity contribution in [3.63, 3.8) is 0 Å². The molecule has 0 radical (unpaired) electrons. The molecule has 0 aliphatic heterocycles. The molecule has 3 nitrogen and oxygen atoms in total. The van der Waals surface area contributed by atoms with E-state index in [4.69, 9.17) is 9.84 Å². The van der Waals surface area contributed by atoms with Crippen LogP contribution in [0, 0.1) is 0 Å². The first-order valence-electron chi connectivity index (χ1n) is 4.87. The minimum absolute atomic E-state index is 0.0273. The van der Waals surface area contributed by atoms with E-state index in [0.717, 1.165) is 12.1 Å². The first-order chi connectivity index (χ1) is 7.86. The van der Waals surface area contributed by atoms with E-state index < -0.39 is 23.3 Å². The van der Waals surface area contributed by atoms with E-state index in [1.807, 2.05) is 0 Å². The largest absolute Gasteiger partial charge is 0.478 e. The number of rotatable bonds is 4. The molecule has 1 aromatic rings. The SMILES string of the molecule is CCOCc1ccc(C(=O)O)c(C(F)(F)F)c1. The summed E-state index contributed by atoms with van der Waals surface area (Å²) in [7, 11) is 0. The van der Waals surface area contributed by atoms with Gasteiger partial charge in [-0.2, -0.15) is 13.2 Å². The number of hydrogen-bond acceptors (Lipinski definition) is 2. The van der Waals surface area contributed by atoms with Crippen molar-refractivity contribution in [2.45, 2.75) is 19.7 Å². The van der Waals surface area contributed by atoms with Crippen LogP contribution in [0.25, 0.3) is 0 Å². The summed E-state index contributed by atoms with van der Waals surface area (Å²) in [6.07, 6.45) is -4.68. The number of benzene rings is 1. The van der Waals surface area contributed by atoms with Crippen molar-refractivity contribution in [2.75, 3.05) is 6.61 Å². The number of carboxylic acid groups (broad SMARTS) is 1. The molecule has 6 heteroatoms. The van der Waals surface area contributed by atoms with Gasteiger partial charge in [0.05, 0.1) is 17.7 Å². The molecule has 1 N–H and O–H groups in total. The van der Waals surface area contributed by atoms with Gasteiger partial charge in [-0.3, -0.25) is 0 Å². The lowest BCUT2D eigenvalue weighted by Crippen LogP contribution is -2.13. The van der Waals surface area contributed by atoms with Crippen LogP contribution in [0.3, 0.4) is 0 Å². The summed E-state index contributed by atoms with van der Waals surface area (Å²) in [6, 6.07) is 3.06. The zero-order valence-corrected chi connectivity index (χ0v) is 9.04. The third kappa shape index (κ3) is 3.45. The smallest absolute Gasteiger partial charge is 0.417 e.